The molecule has 0 spiro atoms. The van der Waals surface area contributed by atoms with E-state index in [1.54, 1.807) is 6.20 Å². The van der Waals surface area contributed by atoms with Crippen LogP contribution in [-0.2, 0) is 4.79 Å². The van der Waals surface area contributed by atoms with Crippen molar-refractivity contribution in [1.82, 2.24) is 15.0 Å². The van der Waals surface area contributed by atoms with Crippen LogP contribution < -0.4 is 4.74 Å². The number of aromatic nitrogens is 3. The van der Waals surface area contributed by atoms with E-state index in [0.29, 0.717) is 28.0 Å². The third kappa shape index (κ3) is 4.02. The molecule has 4 aromatic rings. The van der Waals surface area contributed by atoms with Crippen LogP contribution >= 0.6 is 11.8 Å². The summed E-state index contributed by atoms with van der Waals surface area (Å²) >= 11 is 1.40. The zero-order chi connectivity index (χ0) is 21.4. The number of ether oxygens (including phenoxy) is 1. The van der Waals surface area contributed by atoms with Crippen LogP contribution in [0.2, 0.25) is 0 Å². The molecule has 0 amide bonds. The average Bonchev–Trinajstić information content (AvgIpc) is 3.23. The molecule has 0 unspecified atom stereocenters. The predicted octanol–water partition coefficient (Wildman–Crippen LogP) is 4.73. The van der Waals surface area contributed by atoms with Crippen molar-refractivity contribution in [3.8, 4) is 17.2 Å². The molecule has 0 saturated carbocycles. The Morgan fingerprint density at radius 3 is 2.47 bits per heavy atom. The molecule has 154 valence electrons. The molecule has 0 fully saturated rings. The van der Waals surface area contributed by atoms with E-state index in [4.69, 9.17) is 18.7 Å². The zero-order valence-corrected chi connectivity index (χ0v) is 17.7. The van der Waals surface area contributed by atoms with E-state index in [1.807, 2.05) is 45.9 Å². The Labute approximate surface area is 176 Å². The Morgan fingerprint density at radius 1 is 1.10 bits per heavy atom. The molecule has 0 radical (unpaired) electrons. The second kappa shape index (κ2) is 7.83. The molecule has 4 rings (SSSR count). The number of hydrogen-bond acceptors (Lipinski definition) is 8. The number of aryl methyl sites for hydroxylation is 4. The smallest absolute Gasteiger partial charge is 0.341 e. The van der Waals surface area contributed by atoms with Gasteiger partial charge in [0, 0.05) is 5.56 Å². The number of carboxylic acids is 1. The van der Waals surface area contributed by atoms with Gasteiger partial charge in [-0.25, -0.2) is 14.8 Å². The molecule has 9 heteroatoms. The molecule has 0 atom stereocenters. The Hall–Kier alpha value is -3.33. The minimum absolute atomic E-state index is 0.391. The van der Waals surface area contributed by atoms with Gasteiger partial charge in [0.15, 0.2) is 11.8 Å². The number of rotatable bonds is 6. The number of carboxylic acid groups (broad SMARTS) is 1. The Bertz CT molecular complexity index is 1240. The maximum atomic E-state index is 10.8. The van der Waals surface area contributed by atoms with Crippen molar-refractivity contribution in [2.45, 2.75) is 37.7 Å². The Morgan fingerprint density at radius 2 is 1.83 bits per heavy atom. The van der Waals surface area contributed by atoms with E-state index < -0.39 is 12.6 Å². The highest BCUT2D eigenvalue weighted by molar-refractivity contribution is 7.99. The lowest BCUT2D eigenvalue weighted by molar-refractivity contribution is -0.139. The van der Waals surface area contributed by atoms with Crippen molar-refractivity contribution in [3.63, 3.8) is 0 Å². The molecule has 1 N–H and O–H groups in total. The largest absolute Gasteiger partial charge is 0.481 e. The number of hydrogen-bond donors (Lipinski definition) is 1. The number of furan rings is 1. The van der Waals surface area contributed by atoms with E-state index in [0.717, 1.165) is 33.1 Å². The fraction of sp³-hybridized carbons (Fsp3) is 0.238. The highest BCUT2D eigenvalue weighted by Crippen LogP contribution is 2.33. The van der Waals surface area contributed by atoms with Crippen molar-refractivity contribution in [1.29, 1.82) is 0 Å². The van der Waals surface area contributed by atoms with E-state index in [9.17, 15) is 4.79 Å². The van der Waals surface area contributed by atoms with Crippen LogP contribution in [-0.4, -0.2) is 32.6 Å². The van der Waals surface area contributed by atoms with Crippen molar-refractivity contribution in [3.05, 3.63) is 47.0 Å². The minimum atomic E-state index is -1.02. The van der Waals surface area contributed by atoms with E-state index in [2.05, 4.69) is 15.0 Å². The first-order chi connectivity index (χ1) is 14.3. The molecule has 0 aliphatic carbocycles. The summed E-state index contributed by atoms with van der Waals surface area (Å²) in [4.78, 5) is 25.0. The summed E-state index contributed by atoms with van der Waals surface area (Å²) in [6.45, 7) is 7.09. The summed E-state index contributed by atoms with van der Waals surface area (Å²) in [5.74, 6) is 1.58. The zero-order valence-electron chi connectivity index (χ0n) is 16.8. The van der Waals surface area contributed by atoms with E-state index in [1.165, 1.54) is 11.8 Å². The van der Waals surface area contributed by atoms with Crippen LogP contribution in [0.4, 0.5) is 0 Å². The Balaban J connectivity index is 1.63. The number of benzene rings is 1. The van der Waals surface area contributed by atoms with Crippen LogP contribution in [0.5, 0.6) is 5.75 Å². The lowest BCUT2D eigenvalue weighted by atomic mass is 10.1. The van der Waals surface area contributed by atoms with Gasteiger partial charge in [-0.15, -0.1) is 0 Å². The number of nitrogens with zero attached hydrogens (tertiary/aromatic N) is 3. The summed E-state index contributed by atoms with van der Waals surface area (Å²) in [7, 11) is 0. The first-order valence-electron chi connectivity index (χ1n) is 9.15. The van der Waals surface area contributed by atoms with Crippen molar-refractivity contribution in [2.75, 3.05) is 6.61 Å². The number of fused-ring (bicyclic) bond motifs is 1. The summed E-state index contributed by atoms with van der Waals surface area (Å²) in [5.41, 5.74) is 3.28. The molecule has 8 nitrogen and oxygen atoms in total. The van der Waals surface area contributed by atoms with Gasteiger partial charge in [0.1, 0.15) is 22.8 Å². The quantitative estimate of drug-likeness (QED) is 0.438. The standard InChI is InChI=1S/C21H19N3O5S/c1-10-5-14(6-11(2)18(10)27-9-17(25)26)19-23-15-8-22-21(24-20(15)29-19)30-16-7-12(3)28-13(16)4/h5-8H,9H2,1-4H3,(H,25,26). The van der Waals surface area contributed by atoms with Crippen LogP contribution in [0.25, 0.3) is 22.7 Å². The van der Waals surface area contributed by atoms with Crippen molar-refractivity contribution >= 4 is 29.0 Å². The molecule has 3 heterocycles. The lowest BCUT2D eigenvalue weighted by Gasteiger charge is -2.11. The maximum Gasteiger partial charge on any atom is 0.341 e. The first-order valence-corrected chi connectivity index (χ1v) is 9.96. The van der Waals surface area contributed by atoms with Crippen LogP contribution in [0.1, 0.15) is 22.6 Å². The van der Waals surface area contributed by atoms with E-state index >= 15 is 0 Å². The second-order valence-corrected chi connectivity index (χ2v) is 7.87. The van der Waals surface area contributed by atoms with Gasteiger partial charge >= 0.3 is 5.97 Å². The SMILES string of the molecule is Cc1cc(Sc2ncc3nc(-c4cc(C)c(OCC(=O)O)c(C)c4)oc3n2)c(C)o1. The molecule has 0 aliphatic heterocycles. The third-order valence-corrected chi connectivity index (χ3v) is 5.38. The van der Waals surface area contributed by atoms with Crippen LogP contribution in [0.15, 0.2) is 43.3 Å². The monoisotopic (exact) mass is 425 g/mol. The fourth-order valence-corrected chi connectivity index (χ4v) is 3.98. The highest BCUT2D eigenvalue weighted by Gasteiger charge is 2.16. The first kappa shape index (κ1) is 20.0. The van der Waals surface area contributed by atoms with Crippen molar-refractivity contribution in [2.24, 2.45) is 0 Å². The van der Waals surface area contributed by atoms with Gasteiger partial charge in [-0.3, -0.25) is 0 Å². The molecular formula is C21H19N3O5S. The molecule has 1 aromatic carbocycles. The van der Waals surface area contributed by atoms with Gasteiger partial charge in [0.2, 0.25) is 5.89 Å². The van der Waals surface area contributed by atoms with Crippen LogP contribution in [0.3, 0.4) is 0 Å². The second-order valence-electron chi connectivity index (χ2n) is 6.86. The maximum absolute atomic E-state index is 10.8. The summed E-state index contributed by atoms with van der Waals surface area (Å²) in [6, 6.07) is 5.63. The normalized spacial score (nSPS) is 11.2. The molecule has 0 saturated heterocycles. The third-order valence-electron chi connectivity index (χ3n) is 4.37. The summed E-state index contributed by atoms with van der Waals surface area (Å²) < 4.78 is 16.8. The van der Waals surface area contributed by atoms with Gasteiger partial charge in [0.25, 0.3) is 5.71 Å². The number of oxazole rings is 1. The minimum Gasteiger partial charge on any atom is -0.481 e. The number of carbonyl (C=O) groups is 1. The fourth-order valence-electron chi connectivity index (χ4n) is 3.14. The number of aliphatic carboxylic acids is 1. The summed E-state index contributed by atoms with van der Waals surface area (Å²) in [6.07, 6.45) is 1.63. The Kier molecular flexibility index (Phi) is 5.21. The molecular weight excluding hydrogens is 406 g/mol. The van der Waals surface area contributed by atoms with Gasteiger partial charge in [0.05, 0.1) is 11.1 Å². The predicted molar refractivity (Wildman–Crippen MR) is 110 cm³/mol. The summed E-state index contributed by atoms with van der Waals surface area (Å²) in [5, 5.41) is 9.37. The van der Waals surface area contributed by atoms with Crippen LogP contribution in [0, 0.1) is 27.7 Å². The lowest BCUT2D eigenvalue weighted by Crippen LogP contribution is -2.10. The van der Waals surface area contributed by atoms with Gasteiger partial charge < -0.3 is 18.7 Å². The molecule has 3 aromatic heterocycles. The topological polar surface area (TPSA) is 111 Å². The average molecular weight is 425 g/mol. The molecule has 0 bridgehead atoms. The van der Waals surface area contributed by atoms with Crippen molar-refractivity contribution < 1.29 is 23.5 Å². The highest BCUT2D eigenvalue weighted by atomic mass is 32.2. The van der Waals surface area contributed by atoms with E-state index in [-0.39, 0.29) is 0 Å². The molecule has 30 heavy (non-hydrogen) atoms. The van der Waals surface area contributed by atoms with Gasteiger partial charge in [-0.1, -0.05) is 0 Å². The van der Waals surface area contributed by atoms with Gasteiger partial charge in [-0.05, 0) is 68.8 Å². The molecule has 0 aliphatic rings. The van der Waals surface area contributed by atoms with Gasteiger partial charge in [-0.2, -0.15) is 4.98 Å².